The fourth-order valence-corrected chi connectivity index (χ4v) is 3.84. The van der Waals surface area contributed by atoms with Crippen LogP contribution < -0.4 is 16.2 Å². The summed E-state index contributed by atoms with van der Waals surface area (Å²) in [7, 11) is 0. The van der Waals surface area contributed by atoms with Gasteiger partial charge in [-0.05, 0) is 61.5 Å². The number of ether oxygens (including phenoxy) is 1. The van der Waals surface area contributed by atoms with Gasteiger partial charge in [0.2, 0.25) is 0 Å². The van der Waals surface area contributed by atoms with E-state index in [-0.39, 0.29) is 11.1 Å². The first-order valence-electron chi connectivity index (χ1n) is 11.5. The molecule has 0 bridgehead atoms. The van der Waals surface area contributed by atoms with Crippen molar-refractivity contribution in [2.24, 2.45) is 0 Å². The molecule has 2 N–H and O–H groups in total. The highest BCUT2D eigenvalue weighted by atomic mass is 19.1. The number of amides is 2. The van der Waals surface area contributed by atoms with Crippen LogP contribution >= 0.6 is 0 Å². The lowest BCUT2D eigenvalue weighted by molar-refractivity contribution is 0.0374. The fourth-order valence-electron chi connectivity index (χ4n) is 3.84. The topological polar surface area (TPSA) is 92.7 Å². The zero-order valence-corrected chi connectivity index (χ0v) is 19.2. The van der Waals surface area contributed by atoms with Crippen molar-refractivity contribution in [3.8, 4) is 5.69 Å². The van der Waals surface area contributed by atoms with Crippen LogP contribution in [0.15, 0.2) is 71.7 Å². The second-order valence-electron chi connectivity index (χ2n) is 8.14. The molecule has 35 heavy (non-hydrogen) atoms. The van der Waals surface area contributed by atoms with Gasteiger partial charge in [-0.15, -0.1) is 0 Å². The quantitative estimate of drug-likeness (QED) is 0.486. The first-order valence-corrected chi connectivity index (χ1v) is 11.5. The number of nitrogens with one attached hydrogen (secondary N) is 2. The van der Waals surface area contributed by atoms with E-state index in [1.54, 1.807) is 42.6 Å². The summed E-state index contributed by atoms with van der Waals surface area (Å²) in [6, 6.07) is 15.4. The number of halogens is 1. The van der Waals surface area contributed by atoms with Crippen LogP contribution in [0.5, 0.6) is 0 Å². The van der Waals surface area contributed by atoms with Crippen molar-refractivity contribution in [2.45, 2.75) is 6.42 Å². The highest BCUT2D eigenvalue weighted by molar-refractivity contribution is 6.04. The third-order valence-electron chi connectivity index (χ3n) is 5.75. The van der Waals surface area contributed by atoms with Crippen LogP contribution in [0.25, 0.3) is 5.69 Å². The lowest BCUT2D eigenvalue weighted by atomic mass is 10.2. The van der Waals surface area contributed by atoms with Crippen molar-refractivity contribution >= 4 is 17.5 Å². The molecule has 182 valence electrons. The Balaban J connectivity index is 1.37. The van der Waals surface area contributed by atoms with Crippen molar-refractivity contribution in [1.29, 1.82) is 0 Å². The number of nitrogens with zero attached hydrogens (tertiary/aromatic N) is 2. The Hall–Kier alpha value is -3.82. The number of rotatable bonds is 8. The van der Waals surface area contributed by atoms with E-state index in [0.717, 1.165) is 39.3 Å². The molecule has 2 heterocycles. The molecule has 0 radical (unpaired) electrons. The molecule has 2 amide bonds. The monoisotopic (exact) mass is 478 g/mol. The number of benzene rings is 2. The Morgan fingerprint density at radius 2 is 1.63 bits per heavy atom. The third kappa shape index (κ3) is 6.20. The van der Waals surface area contributed by atoms with Crippen LogP contribution in [-0.4, -0.2) is 60.7 Å². The van der Waals surface area contributed by atoms with E-state index >= 15 is 0 Å². The second kappa shape index (κ2) is 11.5. The summed E-state index contributed by atoms with van der Waals surface area (Å²) in [6.45, 7) is 4.58. The van der Waals surface area contributed by atoms with E-state index in [0.29, 0.717) is 17.9 Å². The molecule has 1 saturated heterocycles. The number of hydrogen-bond donors (Lipinski definition) is 2. The molecule has 0 saturated carbocycles. The third-order valence-corrected chi connectivity index (χ3v) is 5.75. The number of hydrogen-bond acceptors (Lipinski definition) is 5. The van der Waals surface area contributed by atoms with Crippen LogP contribution in [-0.2, 0) is 4.74 Å². The molecule has 2 aromatic carbocycles. The van der Waals surface area contributed by atoms with Crippen LogP contribution in [0.3, 0.4) is 0 Å². The average molecular weight is 479 g/mol. The average Bonchev–Trinajstić information content (AvgIpc) is 2.88. The van der Waals surface area contributed by atoms with Gasteiger partial charge in [0.15, 0.2) is 0 Å². The van der Waals surface area contributed by atoms with E-state index in [9.17, 15) is 18.8 Å². The molecule has 0 unspecified atom stereocenters. The fraction of sp³-hybridized carbons (Fsp3) is 0.269. The lowest BCUT2D eigenvalue weighted by Crippen LogP contribution is -2.38. The summed E-state index contributed by atoms with van der Waals surface area (Å²) in [4.78, 5) is 40.1. The van der Waals surface area contributed by atoms with Gasteiger partial charge in [0, 0.05) is 37.2 Å². The van der Waals surface area contributed by atoms with Crippen LogP contribution in [0.1, 0.15) is 27.1 Å². The maximum absolute atomic E-state index is 13.8. The first kappa shape index (κ1) is 24.3. The van der Waals surface area contributed by atoms with Crippen molar-refractivity contribution in [2.75, 3.05) is 44.7 Å². The number of aromatic nitrogens is 1. The van der Waals surface area contributed by atoms with E-state index in [1.807, 2.05) is 0 Å². The highest BCUT2D eigenvalue weighted by Gasteiger charge is 2.15. The van der Waals surface area contributed by atoms with Crippen LogP contribution in [0.2, 0.25) is 0 Å². The lowest BCUT2D eigenvalue weighted by Gasteiger charge is -2.26. The van der Waals surface area contributed by atoms with Gasteiger partial charge in [-0.1, -0.05) is 12.1 Å². The second-order valence-corrected chi connectivity index (χ2v) is 8.14. The molecule has 1 aliphatic heterocycles. The molecule has 0 atom stereocenters. The van der Waals surface area contributed by atoms with Crippen LogP contribution in [0, 0.1) is 5.82 Å². The van der Waals surface area contributed by atoms with Gasteiger partial charge in [0.1, 0.15) is 11.4 Å². The van der Waals surface area contributed by atoms with E-state index in [1.165, 1.54) is 28.8 Å². The summed E-state index contributed by atoms with van der Waals surface area (Å²) in [6.07, 6.45) is 2.36. The Labute approximate surface area is 202 Å². The Morgan fingerprint density at radius 1 is 0.914 bits per heavy atom. The van der Waals surface area contributed by atoms with Crippen molar-refractivity contribution in [3.05, 3.63) is 94.2 Å². The van der Waals surface area contributed by atoms with Gasteiger partial charge >= 0.3 is 0 Å². The molecule has 1 fully saturated rings. The predicted molar refractivity (Wildman–Crippen MR) is 131 cm³/mol. The van der Waals surface area contributed by atoms with E-state index in [2.05, 4.69) is 15.5 Å². The molecule has 4 rings (SSSR count). The maximum Gasteiger partial charge on any atom is 0.267 e. The molecule has 1 aliphatic rings. The molecule has 3 aromatic rings. The zero-order chi connectivity index (χ0) is 24.6. The molecule has 1 aromatic heterocycles. The summed E-state index contributed by atoms with van der Waals surface area (Å²) >= 11 is 0. The molecular formula is C26H27FN4O4. The Morgan fingerprint density at radius 3 is 2.37 bits per heavy atom. The minimum Gasteiger partial charge on any atom is -0.379 e. The van der Waals surface area contributed by atoms with Gasteiger partial charge in [0.25, 0.3) is 17.4 Å². The van der Waals surface area contributed by atoms with Crippen molar-refractivity contribution < 1.29 is 18.7 Å². The predicted octanol–water partition coefficient (Wildman–Crippen LogP) is 2.68. The maximum atomic E-state index is 13.8. The van der Waals surface area contributed by atoms with Gasteiger partial charge < -0.3 is 15.4 Å². The minimum atomic E-state index is -0.607. The Bertz CT molecular complexity index is 1240. The smallest absolute Gasteiger partial charge is 0.267 e. The minimum absolute atomic E-state index is 0.0517. The van der Waals surface area contributed by atoms with Crippen LogP contribution in [0.4, 0.5) is 10.1 Å². The molecule has 0 spiro atoms. The molecule has 8 nitrogen and oxygen atoms in total. The Kier molecular flexibility index (Phi) is 8.02. The van der Waals surface area contributed by atoms with Crippen molar-refractivity contribution in [1.82, 2.24) is 14.8 Å². The molecule has 0 aliphatic carbocycles. The highest BCUT2D eigenvalue weighted by Crippen LogP contribution is 2.15. The zero-order valence-electron chi connectivity index (χ0n) is 19.2. The first-order chi connectivity index (χ1) is 17.0. The molecule has 9 heteroatoms. The van der Waals surface area contributed by atoms with Gasteiger partial charge in [-0.3, -0.25) is 23.9 Å². The SMILES string of the molecule is O=C(Nc1ccc(-n2cccc(C(=O)NCCCN3CCOCC3)c2=O)cc1)c1ccccc1F. The number of carbonyl (C=O) groups is 2. The number of carbonyl (C=O) groups excluding carboxylic acids is 2. The van der Waals surface area contributed by atoms with E-state index < -0.39 is 23.2 Å². The number of anilines is 1. The largest absolute Gasteiger partial charge is 0.379 e. The summed E-state index contributed by atoms with van der Waals surface area (Å²) in [5.41, 5.74) is 0.527. The normalized spacial score (nSPS) is 13.9. The summed E-state index contributed by atoms with van der Waals surface area (Å²) in [5.74, 6) is -1.59. The summed E-state index contributed by atoms with van der Waals surface area (Å²) in [5, 5.41) is 5.45. The van der Waals surface area contributed by atoms with Gasteiger partial charge in [0.05, 0.1) is 18.8 Å². The van der Waals surface area contributed by atoms with Crippen molar-refractivity contribution in [3.63, 3.8) is 0 Å². The number of pyridine rings is 1. The van der Waals surface area contributed by atoms with E-state index in [4.69, 9.17) is 4.74 Å². The molecular weight excluding hydrogens is 451 g/mol. The number of morpholine rings is 1. The van der Waals surface area contributed by atoms with Gasteiger partial charge in [-0.2, -0.15) is 0 Å². The standard InChI is InChI=1S/C26H27FN4O4/c27-23-7-2-1-5-21(23)25(33)29-19-8-10-20(11-9-19)31-14-3-6-22(26(31)34)24(32)28-12-4-13-30-15-17-35-18-16-30/h1-3,5-11,14H,4,12-13,15-18H2,(H,28,32)(H,29,33). The van der Waals surface area contributed by atoms with Gasteiger partial charge in [-0.25, -0.2) is 4.39 Å². The summed E-state index contributed by atoms with van der Waals surface area (Å²) < 4.78 is 20.5.